The molecule has 1 fully saturated rings. The summed E-state index contributed by atoms with van der Waals surface area (Å²) in [6.07, 6.45) is 0. The molecule has 0 aliphatic carbocycles. The molecule has 1 aromatic heterocycles. The lowest BCUT2D eigenvalue weighted by atomic mass is 10.1. The molecule has 0 bridgehead atoms. The summed E-state index contributed by atoms with van der Waals surface area (Å²) in [6, 6.07) is 8.66. The maximum atomic E-state index is 13.0. The monoisotopic (exact) mass is 495 g/mol. The molecule has 0 unspecified atom stereocenters. The first-order valence-electron chi connectivity index (χ1n) is 10.1. The summed E-state index contributed by atoms with van der Waals surface area (Å²) in [4.78, 5) is 15.3. The van der Waals surface area contributed by atoms with E-state index in [2.05, 4.69) is 41.3 Å². The van der Waals surface area contributed by atoms with Crippen LogP contribution in [0.4, 0.5) is 0 Å². The van der Waals surface area contributed by atoms with Gasteiger partial charge in [0, 0.05) is 53.1 Å². The molecule has 1 aromatic carbocycles. The number of nitrogens with zero attached hydrogens (tertiary/aromatic N) is 3. The van der Waals surface area contributed by atoms with Gasteiger partial charge in [-0.1, -0.05) is 15.9 Å². The number of Topliss-reactive ketones (excluding diaryl/α,β-unsaturated/α-hetero) is 1. The predicted molar refractivity (Wildman–Crippen MR) is 123 cm³/mol. The second kappa shape index (κ2) is 8.57. The van der Waals surface area contributed by atoms with Gasteiger partial charge < -0.3 is 4.57 Å². The Kier molecular flexibility index (Phi) is 6.63. The minimum Gasteiger partial charge on any atom is -0.343 e. The highest BCUT2D eigenvalue weighted by Crippen LogP contribution is 2.25. The maximum absolute atomic E-state index is 13.0. The number of hydrogen-bond donors (Lipinski definition) is 0. The number of carbonyl (C=O) groups excluding carboxylic acids is 1. The molecule has 0 atom stereocenters. The SMILES string of the molecule is Cc1cc(C(=O)CN2CCN(S(=O)(=O)c3ccc(Br)cc3)CC2)c(C)n1C(C)(C)C. The van der Waals surface area contributed by atoms with Gasteiger partial charge in [0.25, 0.3) is 0 Å². The van der Waals surface area contributed by atoms with Crippen LogP contribution < -0.4 is 0 Å². The fraction of sp³-hybridized carbons (Fsp3) is 0.500. The summed E-state index contributed by atoms with van der Waals surface area (Å²) in [5, 5.41) is 0. The molecule has 2 heterocycles. The molecule has 6 nitrogen and oxygen atoms in total. The quantitative estimate of drug-likeness (QED) is 0.591. The topological polar surface area (TPSA) is 62.6 Å². The van der Waals surface area contributed by atoms with E-state index in [1.807, 2.05) is 24.8 Å². The number of halogens is 1. The lowest BCUT2D eigenvalue weighted by Crippen LogP contribution is -2.49. The largest absolute Gasteiger partial charge is 0.343 e. The molecule has 0 N–H and O–H groups in total. The van der Waals surface area contributed by atoms with Gasteiger partial charge >= 0.3 is 0 Å². The number of aryl methyl sites for hydroxylation is 1. The normalized spacial score (nSPS) is 16.7. The highest BCUT2D eigenvalue weighted by Gasteiger charge is 2.30. The Morgan fingerprint density at radius 1 is 1.03 bits per heavy atom. The molecule has 0 spiro atoms. The standard InChI is InChI=1S/C22H30BrN3O3S/c1-16-14-20(17(2)26(16)22(3,4)5)21(27)15-24-10-12-25(13-11-24)30(28,29)19-8-6-18(23)7-9-19/h6-9,14H,10-13,15H2,1-5H3. The van der Waals surface area contributed by atoms with Crippen LogP contribution in [0.3, 0.4) is 0 Å². The van der Waals surface area contributed by atoms with Crippen molar-refractivity contribution in [3.05, 3.63) is 51.8 Å². The van der Waals surface area contributed by atoms with Crippen molar-refractivity contribution in [1.82, 2.24) is 13.8 Å². The van der Waals surface area contributed by atoms with E-state index in [0.29, 0.717) is 37.6 Å². The third-order valence-corrected chi connectivity index (χ3v) is 7.99. The molecule has 1 saturated heterocycles. The Labute approximate surface area is 188 Å². The summed E-state index contributed by atoms with van der Waals surface area (Å²) >= 11 is 3.33. The summed E-state index contributed by atoms with van der Waals surface area (Å²) in [7, 11) is -3.51. The lowest BCUT2D eigenvalue weighted by molar-refractivity contribution is 0.0901. The van der Waals surface area contributed by atoms with Crippen LogP contribution in [-0.4, -0.2) is 60.7 Å². The van der Waals surface area contributed by atoms with E-state index in [1.165, 1.54) is 4.31 Å². The zero-order valence-corrected chi connectivity index (χ0v) is 20.7. The molecule has 164 valence electrons. The number of benzene rings is 1. The van der Waals surface area contributed by atoms with Crippen LogP contribution in [-0.2, 0) is 15.6 Å². The first-order valence-corrected chi connectivity index (χ1v) is 12.4. The number of aromatic nitrogens is 1. The highest BCUT2D eigenvalue weighted by atomic mass is 79.9. The van der Waals surface area contributed by atoms with Gasteiger partial charge in [-0.15, -0.1) is 0 Å². The molecule has 30 heavy (non-hydrogen) atoms. The Balaban J connectivity index is 1.65. The van der Waals surface area contributed by atoms with E-state index in [4.69, 9.17) is 0 Å². The smallest absolute Gasteiger partial charge is 0.243 e. The first kappa shape index (κ1) is 23.2. The van der Waals surface area contributed by atoms with E-state index in [9.17, 15) is 13.2 Å². The van der Waals surface area contributed by atoms with Gasteiger partial charge in [-0.05, 0) is 65.0 Å². The minimum atomic E-state index is -3.51. The summed E-state index contributed by atoms with van der Waals surface area (Å²) < 4.78 is 30.2. The van der Waals surface area contributed by atoms with Gasteiger partial charge in [0.2, 0.25) is 10.0 Å². The van der Waals surface area contributed by atoms with E-state index in [0.717, 1.165) is 21.4 Å². The van der Waals surface area contributed by atoms with Crippen molar-refractivity contribution < 1.29 is 13.2 Å². The number of hydrogen-bond acceptors (Lipinski definition) is 4. The third kappa shape index (κ3) is 4.72. The average molecular weight is 496 g/mol. The highest BCUT2D eigenvalue weighted by molar-refractivity contribution is 9.10. The zero-order chi connectivity index (χ0) is 22.3. The van der Waals surface area contributed by atoms with E-state index >= 15 is 0 Å². The van der Waals surface area contributed by atoms with Crippen molar-refractivity contribution in [2.45, 2.75) is 45.1 Å². The van der Waals surface area contributed by atoms with Crippen molar-refractivity contribution in [1.29, 1.82) is 0 Å². The molecule has 1 aliphatic rings. The van der Waals surface area contributed by atoms with Gasteiger partial charge in [0.15, 0.2) is 5.78 Å². The molecule has 1 aliphatic heterocycles. The third-order valence-electron chi connectivity index (χ3n) is 5.55. The molecule has 0 amide bonds. The van der Waals surface area contributed by atoms with Crippen molar-refractivity contribution >= 4 is 31.7 Å². The number of rotatable bonds is 5. The number of carbonyl (C=O) groups is 1. The van der Waals surface area contributed by atoms with Gasteiger partial charge in [0.05, 0.1) is 11.4 Å². The Hall–Kier alpha value is -1.48. The minimum absolute atomic E-state index is 0.0836. The van der Waals surface area contributed by atoms with Gasteiger partial charge in [-0.25, -0.2) is 8.42 Å². The molecule has 2 aromatic rings. The molecule has 0 radical (unpaired) electrons. The van der Waals surface area contributed by atoms with E-state index < -0.39 is 10.0 Å². The van der Waals surface area contributed by atoms with Gasteiger partial charge in [-0.2, -0.15) is 4.31 Å². The number of piperazine rings is 1. The number of sulfonamides is 1. The molecule has 0 saturated carbocycles. The lowest BCUT2D eigenvalue weighted by Gasteiger charge is -2.33. The molecule has 3 rings (SSSR count). The average Bonchev–Trinajstić information content (AvgIpc) is 2.97. The van der Waals surface area contributed by atoms with Crippen LogP contribution in [0.2, 0.25) is 0 Å². The van der Waals surface area contributed by atoms with Crippen LogP contribution in [0.15, 0.2) is 39.7 Å². The van der Waals surface area contributed by atoms with Crippen molar-refractivity contribution in [2.24, 2.45) is 0 Å². The summed E-state index contributed by atoms with van der Waals surface area (Å²) in [5.74, 6) is 0.0859. The molecule has 8 heteroatoms. The van der Waals surface area contributed by atoms with Crippen LogP contribution in [0.5, 0.6) is 0 Å². The summed E-state index contributed by atoms with van der Waals surface area (Å²) in [5.41, 5.74) is 2.74. The van der Waals surface area contributed by atoms with Crippen LogP contribution in [0.1, 0.15) is 42.5 Å². The molecular weight excluding hydrogens is 466 g/mol. The van der Waals surface area contributed by atoms with E-state index in [-0.39, 0.29) is 11.3 Å². The Morgan fingerprint density at radius 2 is 1.60 bits per heavy atom. The summed E-state index contributed by atoms with van der Waals surface area (Å²) in [6.45, 7) is 12.6. The predicted octanol–water partition coefficient (Wildman–Crippen LogP) is 3.81. The molecular formula is C22H30BrN3O3S. The second-order valence-electron chi connectivity index (χ2n) is 8.85. The van der Waals surface area contributed by atoms with Crippen molar-refractivity contribution in [3.63, 3.8) is 0 Å². The van der Waals surface area contributed by atoms with Crippen molar-refractivity contribution in [2.75, 3.05) is 32.7 Å². The van der Waals surface area contributed by atoms with Crippen LogP contribution in [0.25, 0.3) is 0 Å². The van der Waals surface area contributed by atoms with Crippen LogP contribution in [0, 0.1) is 13.8 Å². The fourth-order valence-corrected chi connectivity index (χ4v) is 5.94. The van der Waals surface area contributed by atoms with Crippen molar-refractivity contribution in [3.8, 4) is 0 Å². The first-order chi connectivity index (χ1) is 13.9. The van der Waals surface area contributed by atoms with Crippen LogP contribution >= 0.6 is 15.9 Å². The number of ketones is 1. The van der Waals surface area contributed by atoms with E-state index in [1.54, 1.807) is 24.3 Å². The zero-order valence-electron chi connectivity index (χ0n) is 18.3. The fourth-order valence-electron chi connectivity index (χ4n) is 4.25. The second-order valence-corrected chi connectivity index (χ2v) is 11.7. The Bertz CT molecular complexity index is 1030. The maximum Gasteiger partial charge on any atom is 0.243 e. The van der Waals surface area contributed by atoms with Gasteiger partial charge in [-0.3, -0.25) is 9.69 Å². The van der Waals surface area contributed by atoms with Gasteiger partial charge in [0.1, 0.15) is 0 Å². The Morgan fingerprint density at radius 3 is 2.10 bits per heavy atom.